The van der Waals surface area contributed by atoms with Gasteiger partial charge in [0.25, 0.3) is 0 Å². The minimum absolute atomic E-state index is 0.834. The molecule has 0 aromatic heterocycles. The van der Waals surface area contributed by atoms with Crippen LogP contribution in [0.15, 0.2) is 11.9 Å². The third-order valence-corrected chi connectivity index (χ3v) is 6.38. The maximum Gasteiger partial charge on any atom is 0.238 e. The molecule has 0 aliphatic rings. The van der Waals surface area contributed by atoms with E-state index in [-0.39, 0.29) is 0 Å². The summed E-state index contributed by atoms with van der Waals surface area (Å²) >= 11 is 0. The second-order valence-electron chi connectivity index (χ2n) is 4.04. The van der Waals surface area contributed by atoms with Crippen LogP contribution < -0.4 is 0 Å². The molecule has 102 valence electrons. The van der Waals surface area contributed by atoms with Gasteiger partial charge in [0.15, 0.2) is 0 Å². The van der Waals surface area contributed by atoms with Gasteiger partial charge in [0.05, 0.1) is 0 Å². The Balaban J connectivity index is 5.10. The Morgan fingerprint density at radius 3 is 1.59 bits per heavy atom. The highest BCUT2D eigenvalue weighted by Gasteiger charge is 2.30. The molecule has 0 unspecified atom stereocenters. The molecule has 0 heterocycles. The number of unbranched alkanes of at least 4 members (excludes halogenated alkanes) is 1. The Kier molecular flexibility index (Phi) is 8.85. The minimum Gasteiger partial charge on any atom is -0.284 e. The van der Waals surface area contributed by atoms with Gasteiger partial charge in [-0.2, -0.15) is 0 Å². The molecule has 0 aromatic carbocycles. The summed E-state index contributed by atoms with van der Waals surface area (Å²) in [5, 5.41) is 0. The van der Waals surface area contributed by atoms with Crippen LogP contribution in [0.4, 0.5) is 0 Å². The first-order valence-electron chi connectivity index (χ1n) is 6.88. The van der Waals surface area contributed by atoms with Gasteiger partial charge in [0.2, 0.25) is 7.44 Å². The summed E-state index contributed by atoms with van der Waals surface area (Å²) in [5.41, 5.74) is 0. The zero-order chi connectivity index (χ0) is 13.3. The van der Waals surface area contributed by atoms with Gasteiger partial charge in [0.1, 0.15) is 0 Å². The molecular formula is C13H29N2OP. The maximum atomic E-state index is 13.2. The Bertz CT molecular complexity index is 242. The first kappa shape index (κ1) is 16.9. The molecule has 0 bridgehead atoms. The average molecular weight is 260 g/mol. The van der Waals surface area contributed by atoms with Gasteiger partial charge in [-0.25, -0.2) is 9.34 Å². The van der Waals surface area contributed by atoms with E-state index >= 15 is 0 Å². The van der Waals surface area contributed by atoms with Crippen molar-refractivity contribution in [2.45, 2.75) is 47.5 Å². The standard InChI is InChI=1S/C13H29N2OP/c1-6-11-12-13-17(16,14(7-2)8-3)15(9-4)10-5/h12-13H,6-11H2,1-5H3/b13-12+. The van der Waals surface area contributed by atoms with Crippen LogP contribution in [0.1, 0.15) is 47.5 Å². The zero-order valence-electron chi connectivity index (χ0n) is 12.1. The molecule has 0 rings (SSSR count). The Labute approximate surface area is 107 Å². The lowest BCUT2D eigenvalue weighted by Crippen LogP contribution is -2.30. The monoisotopic (exact) mass is 260 g/mol. The van der Waals surface area contributed by atoms with E-state index in [1.165, 1.54) is 0 Å². The molecular weight excluding hydrogens is 231 g/mol. The van der Waals surface area contributed by atoms with Crippen molar-refractivity contribution in [3.63, 3.8) is 0 Å². The predicted octanol–water partition coefficient (Wildman–Crippen LogP) is 4.18. The Hall–Kier alpha value is -0.110. The molecule has 17 heavy (non-hydrogen) atoms. The summed E-state index contributed by atoms with van der Waals surface area (Å²) in [5.74, 6) is 1.95. The van der Waals surface area contributed by atoms with Gasteiger partial charge in [0, 0.05) is 32.0 Å². The number of rotatable bonds is 9. The van der Waals surface area contributed by atoms with Crippen LogP contribution in [0.5, 0.6) is 0 Å². The third kappa shape index (κ3) is 4.57. The molecule has 0 fully saturated rings. The maximum absolute atomic E-state index is 13.2. The largest absolute Gasteiger partial charge is 0.284 e. The summed E-state index contributed by atoms with van der Waals surface area (Å²) in [6, 6.07) is 0. The van der Waals surface area contributed by atoms with Crippen molar-refractivity contribution in [2.24, 2.45) is 0 Å². The van der Waals surface area contributed by atoms with Crippen LogP contribution in [-0.2, 0) is 4.57 Å². The van der Waals surface area contributed by atoms with Crippen LogP contribution >= 0.6 is 7.44 Å². The minimum atomic E-state index is -2.48. The molecule has 0 aliphatic heterocycles. The van der Waals surface area contributed by atoms with Gasteiger partial charge in [-0.3, -0.25) is 4.57 Å². The molecule has 0 aliphatic carbocycles. The number of nitrogens with zero attached hydrogens (tertiary/aromatic N) is 2. The quantitative estimate of drug-likeness (QED) is 0.581. The highest BCUT2D eigenvalue weighted by molar-refractivity contribution is 7.62. The second-order valence-corrected chi connectivity index (χ2v) is 6.65. The summed E-state index contributed by atoms with van der Waals surface area (Å²) in [7, 11) is -2.48. The number of allylic oxidation sites excluding steroid dienone is 1. The fourth-order valence-corrected chi connectivity index (χ4v) is 4.78. The highest BCUT2D eigenvalue weighted by atomic mass is 31.2. The average Bonchev–Trinajstić information content (AvgIpc) is 2.32. The fourth-order valence-electron chi connectivity index (χ4n) is 2.00. The van der Waals surface area contributed by atoms with Crippen molar-refractivity contribution in [2.75, 3.05) is 26.2 Å². The lowest BCUT2D eigenvalue weighted by molar-refractivity contribution is 0.368. The lowest BCUT2D eigenvalue weighted by atomic mass is 10.3. The van der Waals surface area contributed by atoms with Gasteiger partial charge in [-0.1, -0.05) is 47.1 Å². The van der Waals surface area contributed by atoms with Crippen molar-refractivity contribution in [1.29, 1.82) is 0 Å². The highest BCUT2D eigenvalue weighted by Crippen LogP contribution is 2.54. The molecule has 4 heteroatoms. The van der Waals surface area contributed by atoms with Crippen LogP contribution in [-0.4, -0.2) is 35.5 Å². The van der Waals surface area contributed by atoms with Crippen molar-refractivity contribution >= 4 is 7.44 Å². The van der Waals surface area contributed by atoms with Crippen molar-refractivity contribution < 1.29 is 4.57 Å². The van der Waals surface area contributed by atoms with Crippen LogP contribution in [0.3, 0.4) is 0 Å². The topological polar surface area (TPSA) is 23.6 Å². The van der Waals surface area contributed by atoms with Gasteiger partial charge in [-0.15, -0.1) is 0 Å². The van der Waals surface area contributed by atoms with E-state index in [4.69, 9.17) is 0 Å². The summed E-state index contributed by atoms with van der Waals surface area (Å²) in [6.45, 7) is 13.8. The Morgan fingerprint density at radius 1 is 0.882 bits per heavy atom. The van der Waals surface area contributed by atoms with Gasteiger partial charge < -0.3 is 0 Å². The molecule has 0 atom stereocenters. The summed E-state index contributed by atoms with van der Waals surface area (Å²) < 4.78 is 17.4. The lowest BCUT2D eigenvalue weighted by Gasteiger charge is -2.35. The fraction of sp³-hybridized carbons (Fsp3) is 0.846. The van der Waals surface area contributed by atoms with Crippen LogP contribution in [0.2, 0.25) is 0 Å². The molecule has 0 saturated carbocycles. The molecule has 0 radical (unpaired) electrons. The van der Waals surface area contributed by atoms with E-state index in [1.807, 2.05) is 5.82 Å². The first-order valence-corrected chi connectivity index (χ1v) is 8.56. The molecule has 0 saturated heterocycles. The van der Waals surface area contributed by atoms with Crippen molar-refractivity contribution in [1.82, 2.24) is 9.34 Å². The Morgan fingerprint density at radius 2 is 1.29 bits per heavy atom. The van der Waals surface area contributed by atoms with E-state index in [0.717, 1.165) is 39.0 Å². The number of hydrogen-bond donors (Lipinski definition) is 0. The molecule has 0 amide bonds. The van der Waals surface area contributed by atoms with Crippen LogP contribution in [0.25, 0.3) is 0 Å². The molecule has 0 spiro atoms. The molecule has 0 aromatic rings. The number of hydrogen-bond acceptors (Lipinski definition) is 1. The first-order chi connectivity index (χ1) is 8.10. The predicted molar refractivity (Wildman–Crippen MR) is 77.5 cm³/mol. The van der Waals surface area contributed by atoms with E-state index in [0.29, 0.717) is 0 Å². The van der Waals surface area contributed by atoms with Crippen molar-refractivity contribution in [3.05, 3.63) is 11.9 Å². The smallest absolute Gasteiger partial charge is 0.238 e. The SMILES string of the molecule is CCC/C=C/P(=O)(N(CC)CC)N(CC)CC. The third-order valence-electron chi connectivity index (χ3n) is 3.03. The van der Waals surface area contributed by atoms with E-state index < -0.39 is 7.44 Å². The second kappa shape index (κ2) is 8.91. The molecule has 0 N–H and O–H groups in total. The van der Waals surface area contributed by atoms with Crippen LogP contribution in [0, 0.1) is 0 Å². The normalized spacial score (nSPS) is 13.1. The zero-order valence-corrected chi connectivity index (χ0v) is 13.0. The van der Waals surface area contributed by atoms with Gasteiger partial charge >= 0.3 is 0 Å². The van der Waals surface area contributed by atoms with E-state index in [2.05, 4.69) is 50.0 Å². The van der Waals surface area contributed by atoms with E-state index in [1.54, 1.807) is 0 Å². The van der Waals surface area contributed by atoms with E-state index in [9.17, 15) is 4.57 Å². The summed E-state index contributed by atoms with van der Waals surface area (Å²) in [6.07, 6.45) is 4.19. The molecule has 3 nitrogen and oxygen atoms in total. The van der Waals surface area contributed by atoms with Gasteiger partial charge in [-0.05, 0) is 6.42 Å². The summed E-state index contributed by atoms with van der Waals surface area (Å²) in [4.78, 5) is 0. The van der Waals surface area contributed by atoms with Crippen molar-refractivity contribution in [3.8, 4) is 0 Å².